The van der Waals surface area contributed by atoms with E-state index in [0.717, 1.165) is 17.1 Å². The first-order chi connectivity index (χ1) is 8.16. The maximum absolute atomic E-state index is 10.5. The molecule has 5 nitrogen and oxygen atoms in total. The molecule has 5 heteroatoms. The van der Waals surface area contributed by atoms with Crippen LogP contribution in [-0.2, 0) is 18.3 Å². The van der Waals surface area contributed by atoms with Gasteiger partial charge >= 0.3 is 5.97 Å². The Morgan fingerprint density at radius 2 is 2.12 bits per heavy atom. The number of imidazole rings is 1. The van der Waals surface area contributed by atoms with Crippen molar-refractivity contribution in [3.05, 3.63) is 36.4 Å². The summed E-state index contributed by atoms with van der Waals surface area (Å²) >= 11 is 0. The first-order valence-electron chi connectivity index (χ1n) is 5.31. The summed E-state index contributed by atoms with van der Waals surface area (Å²) in [4.78, 5) is 18.9. The molecule has 0 bridgehead atoms. The molecule has 1 N–H and O–H groups in total. The van der Waals surface area contributed by atoms with Crippen molar-refractivity contribution in [2.75, 3.05) is 0 Å². The molecule has 0 saturated carbocycles. The van der Waals surface area contributed by atoms with Crippen LogP contribution in [0.1, 0.15) is 12.1 Å². The minimum Gasteiger partial charge on any atom is -0.481 e. The van der Waals surface area contributed by atoms with Crippen LogP contribution < -0.4 is 0 Å². The Bertz CT molecular complexity index is 520. The second-order valence-electron chi connectivity index (χ2n) is 3.80. The molecule has 2 aromatic heterocycles. The highest BCUT2D eigenvalue weighted by molar-refractivity contribution is 5.67. The second-order valence-corrected chi connectivity index (χ2v) is 3.80. The van der Waals surface area contributed by atoms with Crippen molar-refractivity contribution < 1.29 is 9.90 Å². The summed E-state index contributed by atoms with van der Waals surface area (Å²) < 4.78 is 1.90. The van der Waals surface area contributed by atoms with Crippen molar-refractivity contribution in [3.8, 4) is 11.4 Å². The zero-order valence-corrected chi connectivity index (χ0v) is 9.50. The molecular weight excluding hydrogens is 218 g/mol. The van der Waals surface area contributed by atoms with Crippen LogP contribution in [0.25, 0.3) is 11.4 Å². The van der Waals surface area contributed by atoms with Crippen LogP contribution in [0.4, 0.5) is 0 Å². The summed E-state index contributed by atoms with van der Waals surface area (Å²) in [7, 11) is 1.90. The lowest BCUT2D eigenvalue weighted by molar-refractivity contribution is -0.136. The highest BCUT2D eigenvalue weighted by Crippen LogP contribution is 2.17. The fourth-order valence-corrected chi connectivity index (χ4v) is 1.65. The molecule has 0 aliphatic heterocycles. The molecule has 0 aliphatic carbocycles. The minimum absolute atomic E-state index is 0.104. The third-order valence-corrected chi connectivity index (χ3v) is 2.46. The Balaban J connectivity index is 2.22. The Labute approximate surface area is 98.8 Å². The molecular formula is C12H13N3O2. The number of aromatic nitrogens is 3. The summed E-state index contributed by atoms with van der Waals surface area (Å²) in [6.45, 7) is 0. The Hall–Kier alpha value is -2.17. The second kappa shape index (κ2) is 4.78. The number of carboxylic acids is 1. The van der Waals surface area contributed by atoms with E-state index in [0.29, 0.717) is 6.42 Å². The van der Waals surface area contributed by atoms with Crippen LogP contribution >= 0.6 is 0 Å². The molecule has 0 amide bonds. The minimum atomic E-state index is -0.805. The number of nitrogens with zero attached hydrogens (tertiary/aromatic N) is 3. The fraction of sp³-hybridized carbons (Fsp3) is 0.250. The molecule has 0 saturated heterocycles. The van der Waals surface area contributed by atoms with Gasteiger partial charge in [-0.3, -0.25) is 9.78 Å². The van der Waals surface area contributed by atoms with Crippen molar-refractivity contribution in [2.24, 2.45) is 7.05 Å². The SMILES string of the molecule is Cn1cc(CCC(=O)O)nc1-c1ccncc1. The molecule has 2 aromatic rings. The third kappa shape index (κ3) is 2.69. The third-order valence-electron chi connectivity index (χ3n) is 2.46. The van der Waals surface area contributed by atoms with Crippen LogP contribution in [-0.4, -0.2) is 25.6 Å². The fourth-order valence-electron chi connectivity index (χ4n) is 1.65. The zero-order chi connectivity index (χ0) is 12.3. The van der Waals surface area contributed by atoms with Gasteiger partial charge in [0.25, 0.3) is 0 Å². The number of aliphatic carboxylic acids is 1. The van der Waals surface area contributed by atoms with E-state index in [1.807, 2.05) is 29.9 Å². The Kier molecular flexibility index (Phi) is 3.18. The van der Waals surface area contributed by atoms with E-state index in [2.05, 4.69) is 9.97 Å². The van der Waals surface area contributed by atoms with Gasteiger partial charge in [-0.15, -0.1) is 0 Å². The average Bonchev–Trinajstić information content (AvgIpc) is 2.69. The predicted octanol–water partition coefficient (Wildman–Crippen LogP) is 1.50. The van der Waals surface area contributed by atoms with E-state index < -0.39 is 5.97 Å². The number of rotatable bonds is 4. The molecule has 0 unspecified atom stereocenters. The van der Waals surface area contributed by atoms with Gasteiger partial charge in [0, 0.05) is 37.6 Å². The number of pyridine rings is 1. The van der Waals surface area contributed by atoms with Crippen LogP contribution in [0.3, 0.4) is 0 Å². The summed E-state index contributed by atoms with van der Waals surface area (Å²) in [6.07, 6.45) is 5.83. The molecule has 2 heterocycles. The van der Waals surface area contributed by atoms with Crippen molar-refractivity contribution in [1.82, 2.24) is 14.5 Å². The number of hydrogen-bond donors (Lipinski definition) is 1. The molecule has 2 rings (SSSR count). The molecule has 0 fully saturated rings. The van der Waals surface area contributed by atoms with E-state index in [1.54, 1.807) is 12.4 Å². The topological polar surface area (TPSA) is 68.0 Å². The van der Waals surface area contributed by atoms with Crippen LogP contribution in [0.5, 0.6) is 0 Å². The molecule has 0 aliphatic rings. The molecule has 0 spiro atoms. The summed E-state index contributed by atoms with van der Waals surface area (Å²) in [5.74, 6) is 0.0221. The highest BCUT2D eigenvalue weighted by Gasteiger charge is 2.08. The smallest absolute Gasteiger partial charge is 0.303 e. The lowest BCUT2D eigenvalue weighted by Gasteiger charge is -1.99. The number of hydrogen-bond acceptors (Lipinski definition) is 3. The van der Waals surface area contributed by atoms with Gasteiger partial charge in [0.05, 0.1) is 12.1 Å². The van der Waals surface area contributed by atoms with Crippen LogP contribution in [0.15, 0.2) is 30.7 Å². The number of aryl methyl sites for hydroxylation is 2. The van der Waals surface area contributed by atoms with Gasteiger partial charge in [-0.2, -0.15) is 0 Å². The molecule has 0 aromatic carbocycles. The van der Waals surface area contributed by atoms with Crippen LogP contribution in [0.2, 0.25) is 0 Å². The first kappa shape index (κ1) is 11.3. The standard InChI is InChI=1S/C12H13N3O2/c1-15-8-10(2-3-11(16)17)14-12(15)9-4-6-13-7-5-9/h4-8H,2-3H2,1H3,(H,16,17). The highest BCUT2D eigenvalue weighted by atomic mass is 16.4. The monoisotopic (exact) mass is 231 g/mol. The maximum Gasteiger partial charge on any atom is 0.303 e. The van der Waals surface area contributed by atoms with E-state index >= 15 is 0 Å². The molecule has 88 valence electrons. The van der Waals surface area contributed by atoms with Crippen molar-refractivity contribution >= 4 is 5.97 Å². The van der Waals surface area contributed by atoms with Crippen molar-refractivity contribution in [1.29, 1.82) is 0 Å². The summed E-state index contributed by atoms with van der Waals surface area (Å²) in [5, 5.41) is 8.63. The number of carboxylic acid groups (broad SMARTS) is 1. The van der Waals surface area contributed by atoms with Gasteiger partial charge in [-0.25, -0.2) is 4.98 Å². The average molecular weight is 231 g/mol. The predicted molar refractivity (Wildman–Crippen MR) is 62.4 cm³/mol. The Morgan fingerprint density at radius 1 is 1.41 bits per heavy atom. The molecule has 0 atom stereocenters. The van der Waals surface area contributed by atoms with Gasteiger partial charge in [-0.1, -0.05) is 0 Å². The van der Waals surface area contributed by atoms with Crippen molar-refractivity contribution in [2.45, 2.75) is 12.8 Å². The van der Waals surface area contributed by atoms with Gasteiger partial charge in [0.1, 0.15) is 5.82 Å². The van der Waals surface area contributed by atoms with E-state index in [9.17, 15) is 4.79 Å². The van der Waals surface area contributed by atoms with E-state index in [1.165, 1.54) is 0 Å². The van der Waals surface area contributed by atoms with Gasteiger partial charge in [-0.05, 0) is 12.1 Å². The van der Waals surface area contributed by atoms with Crippen LogP contribution in [0, 0.1) is 0 Å². The normalized spacial score (nSPS) is 10.4. The lowest BCUT2D eigenvalue weighted by atomic mass is 10.2. The number of carbonyl (C=O) groups is 1. The quantitative estimate of drug-likeness (QED) is 0.865. The Morgan fingerprint density at radius 3 is 2.76 bits per heavy atom. The maximum atomic E-state index is 10.5. The molecule has 0 radical (unpaired) electrons. The van der Waals surface area contributed by atoms with Crippen molar-refractivity contribution in [3.63, 3.8) is 0 Å². The first-order valence-corrected chi connectivity index (χ1v) is 5.31. The zero-order valence-electron chi connectivity index (χ0n) is 9.50. The van der Waals surface area contributed by atoms with Gasteiger partial charge < -0.3 is 9.67 Å². The van der Waals surface area contributed by atoms with Gasteiger partial charge in [0.15, 0.2) is 0 Å². The van der Waals surface area contributed by atoms with Gasteiger partial charge in [0.2, 0.25) is 0 Å². The van der Waals surface area contributed by atoms with E-state index in [-0.39, 0.29) is 6.42 Å². The lowest BCUT2D eigenvalue weighted by Crippen LogP contribution is -1.97. The molecule has 17 heavy (non-hydrogen) atoms. The largest absolute Gasteiger partial charge is 0.481 e. The summed E-state index contributed by atoms with van der Waals surface area (Å²) in [6, 6.07) is 3.76. The summed E-state index contributed by atoms with van der Waals surface area (Å²) in [5.41, 5.74) is 1.77. The van der Waals surface area contributed by atoms with E-state index in [4.69, 9.17) is 5.11 Å².